The Balaban J connectivity index is 1.54. The first kappa shape index (κ1) is 21.9. The summed E-state index contributed by atoms with van der Waals surface area (Å²) >= 11 is 6.14. The molecule has 0 radical (unpaired) electrons. The molecule has 0 saturated heterocycles. The SMILES string of the molecule is O=C(COc1ccc(C=NNC(=O)c2ccccc2F)cc1Cl)Nc1ccccc1F. The Labute approximate surface area is 181 Å². The van der Waals surface area contributed by atoms with Crippen molar-refractivity contribution in [1.29, 1.82) is 0 Å². The number of rotatable bonds is 7. The van der Waals surface area contributed by atoms with Crippen molar-refractivity contribution in [2.75, 3.05) is 11.9 Å². The molecular formula is C22H16ClF2N3O3. The van der Waals surface area contributed by atoms with Gasteiger partial charge in [-0.1, -0.05) is 35.9 Å². The van der Waals surface area contributed by atoms with E-state index in [0.29, 0.717) is 5.56 Å². The molecule has 2 amide bonds. The maximum absolute atomic E-state index is 13.6. The lowest BCUT2D eigenvalue weighted by molar-refractivity contribution is -0.118. The Morgan fingerprint density at radius 1 is 1.00 bits per heavy atom. The first-order valence-electron chi connectivity index (χ1n) is 8.98. The summed E-state index contributed by atoms with van der Waals surface area (Å²) in [5.41, 5.74) is 2.67. The highest BCUT2D eigenvalue weighted by atomic mass is 35.5. The van der Waals surface area contributed by atoms with Crippen LogP contribution in [0.25, 0.3) is 0 Å². The second kappa shape index (κ2) is 10.3. The second-order valence-corrected chi connectivity index (χ2v) is 6.59. The van der Waals surface area contributed by atoms with Gasteiger partial charge in [-0.05, 0) is 48.0 Å². The smallest absolute Gasteiger partial charge is 0.274 e. The van der Waals surface area contributed by atoms with Crippen LogP contribution >= 0.6 is 11.6 Å². The predicted octanol–water partition coefficient (Wildman–Crippen LogP) is 4.40. The summed E-state index contributed by atoms with van der Waals surface area (Å²) in [6.07, 6.45) is 1.32. The van der Waals surface area contributed by atoms with Gasteiger partial charge in [0.25, 0.3) is 11.8 Å². The van der Waals surface area contributed by atoms with Gasteiger partial charge in [0, 0.05) is 0 Å². The molecule has 0 saturated carbocycles. The summed E-state index contributed by atoms with van der Waals surface area (Å²) in [7, 11) is 0. The summed E-state index contributed by atoms with van der Waals surface area (Å²) in [6.45, 7) is -0.375. The summed E-state index contributed by atoms with van der Waals surface area (Å²) in [6, 6.07) is 15.9. The third-order valence-electron chi connectivity index (χ3n) is 3.96. The Kier molecular flexibility index (Phi) is 7.29. The number of ether oxygens (including phenoxy) is 1. The molecule has 0 unspecified atom stereocenters. The lowest BCUT2D eigenvalue weighted by atomic mass is 10.2. The molecule has 0 aliphatic carbocycles. The molecule has 0 atom stereocenters. The molecule has 3 rings (SSSR count). The molecule has 2 N–H and O–H groups in total. The van der Waals surface area contributed by atoms with Gasteiger partial charge in [-0.15, -0.1) is 0 Å². The number of carbonyl (C=O) groups is 2. The molecule has 0 aromatic heterocycles. The third kappa shape index (κ3) is 6.10. The fourth-order valence-corrected chi connectivity index (χ4v) is 2.72. The normalized spacial score (nSPS) is 10.7. The topological polar surface area (TPSA) is 79.8 Å². The van der Waals surface area contributed by atoms with Crippen molar-refractivity contribution < 1.29 is 23.1 Å². The van der Waals surface area contributed by atoms with Crippen molar-refractivity contribution in [3.63, 3.8) is 0 Å². The number of hydrogen-bond donors (Lipinski definition) is 2. The zero-order chi connectivity index (χ0) is 22.2. The predicted molar refractivity (Wildman–Crippen MR) is 113 cm³/mol. The number of nitrogens with zero attached hydrogens (tertiary/aromatic N) is 1. The van der Waals surface area contributed by atoms with E-state index in [2.05, 4.69) is 15.8 Å². The van der Waals surface area contributed by atoms with E-state index in [9.17, 15) is 18.4 Å². The van der Waals surface area contributed by atoms with Gasteiger partial charge in [0.1, 0.15) is 17.4 Å². The molecule has 0 fully saturated rings. The van der Waals surface area contributed by atoms with Gasteiger partial charge in [-0.25, -0.2) is 14.2 Å². The Morgan fingerprint density at radius 3 is 2.42 bits per heavy atom. The zero-order valence-corrected chi connectivity index (χ0v) is 16.7. The summed E-state index contributed by atoms with van der Waals surface area (Å²) in [5, 5.41) is 6.36. The minimum atomic E-state index is -0.693. The monoisotopic (exact) mass is 443 g/mol. The maximum atomic E-state index is 13.6. The largest absolute Gasteiger partial charge is 0.482 e. The third-order valence-corrected chi connectivity index (χ3v) is 4.26. The van der Waals surface area contributed by atoms with E-state index in [1.807, 2.05) is 0 Å². The van der Waals surface area contributed by atoms with E-state index in [4.69, 9.17) is 16.3 Å². The van der Waals surface area contributed by atoms with Crippen LogP contribution in [-0.4, -0.2) is 24.6 Å². The maximum Gasteiger partial charge on any atom is 0.274 e. The highest BCUT2D eigenvalue weighted by Gasteiger charge is 2.10. The minimum Gasteiger partial charge on any atom is -0.482 e. The molecule has 9 heteroatoms. The van der Waals surface area contributed by atoms with E-state index in [1.54, 1.807) is 12.1 Å². The second-order valence-electron chi connectivity index (χ2n) is 6.19. The van der Waals surface area contributed by atoms with Crippen LogP contribution in [0.15, 0.2) is 71.8 Å². The van der Waals surface area contributed by atoms with Crippen molar-refractivity contribution in [3.05, 3.63) is 94.5 Å². The first-order chi connectivity index (χ1) is 14.9. The summed E-state index contributed by atoms with van der Waals surface area (Å²) < 4.78 is 32.5. The lowest BCUT2D eigenvalue weighted by Crippen LogP contribution is -2.20. The molecule has 6 nitrogen and oxygen atoms in total. The van der Waals surface area contributed by atoms with Crippen LogP contribution in [0.3, 0.4) is 0 Å². The number of anilines is 1. The number of amides is 2. The van der Waals surface area contributed by atoms with Gasteiger partial charge in [0.2, 0.25) is 0 Å². The average Bonchev–Trinajstić information content (AvgIpc) is 2.75. The molecule has 0 bridgehead atoms. The molecular weight excluding hydrogens is 428 g/mol. The van der Waals surface area contributed by atoms with Crippen LogP contribution in [0.1, 0.15) is 15.9 Å². The number of benzene rings is 3. The highest BCUT2D eigenvalue weighted by Crippen LogP contribution is 2.25. The first-order valence-corrected chi connectivity index (χ1v) is 9.36. The molecule has 0 spiro atoms. The molecule has 3 aromatic rings. The van der Waals surface area contributed by atoms with E-state index in [-0.39, 0.29) is 28.6 Å². The van der Waals surface area contributed by atoms with Gasteiger partial charge in [-0.2, -0.15) is 5.10 Å². The minimum absolute atomic E-state index is 0.0474. The summed E-state index contributed by atoms with van der Waals surface area (Å²) in [5.74, 6) is -2.22. The van der Waals surface area contributed by atoms with Crippen molar-refractivity contribution in [3.8, 4) is 5.75 Å². The fraction of sp³-hybridized carbons (Fsp3) is 0.0455. The van der Waals surface area contributed by atoms with Gasteiger partial charge < -0.3 is 10.1 Å². The molecule has 0 aliphatic rings. The Bertz CT molecular complexity index is 1140. The van der Waals surface area contributed by atoms with Crippen LogP contribution in [-0.2, 0) is 4.79 Å². The van der Waals surface area contributed by atoms with Gasteiger partial charge >= 0.3 is 0 Å². The molecule has 0 aliphatic heterocycles. The van der Waals surface area contributed by atoms with Gasteiger partial charge in [0.15, 0.2) is 6.61 Å². The van der Waals surface area contributed by atoms with E-state index in [1.165, 1.54) is 60.8 Å². The number of nitrogens with one attached hydrogen (secondary N) is 2. The number of hydrogen-bond acceptors (Lipinski definition) is 4. The molecule has 31 heavy (non-hydrogen) atoms. The lowest BCUT2D eigenvalue weighted by Gasteiger charge is -2.09. The number of hydrazone groups is 1. The van der Waals surface area contributed by atoms with Crippen LogP contribution in [0.2, 0.25) is 5.02 Å². The number of halogens is 3. The van der Waals surface area contributed by atoms with Gasteiger partial charge in [0.05, 0.1) is 22.5 Å². The highest BCUT2D eigenvalue weighted by molar-refractivity contribution is 6.32. The Morgan fingerprint density at radius 2 is 1.71 bits per heavy atom. The number of carbonyl (C=O) groups excluding carboxylic acids is 2. The molecule has 3 aromatic carbocycles. The average molecular weight is 444 g/mol. The van der Waals surface area contributed by atoms with Crippen molar-refractivity contribution in [1.82, 2.24) is 5.43 Å². The van der Waals surface area contributed by atoms with E-state index >= 15 is 0 Å². The van der Waals surface area contributed by atoms with Crippen LogP contribution in [0.5, 0.6) is 5.75 Å². The van der Waals surface area contributed by atoms with Crippen LogP contribution in [0.4, 0.5) is 14.5 Å². The zero-order valence-electron chi connectivity index (χ0n) is 15.9. The van der Waals surface area contributed by atoms with Crippen LogP contribution < -0.4 is 15.5 Å². The fourth-order valence-electron chi connectivity index (χ4n) is 2.48. The van der Waals surface area contributed by atoms with Crippen LogP contribution in [0, 0.1) is 11.6 Å². The summed E-state index contributed by atoms with van der Waals surface area (Å²) in [4.78, 5) is 23.8. The molecule has 158 valence electrons. The molecule has 0 heterocycles. The quantitative estimate of drug-likeness (QED) is 0.419. The number of para-hydroxylation sites is 1. The van der Waals surface area contributed by atoms with Gasteiger partial charge in [-0.3, -0.25) is 9.59 Å². The van der Waals surface area contributed by atoms with E-state index < -0.39 is 23.4 Å². The van der Waals surface area contributed by atoms with Crippen molar-refractivity contribution >= 4 is 35.3 Å². The van der Waals surface area contributed by atoms with Crippen molar-refractivity contribution in [2.45, 2.75) is 0 Å². The van der Waals surface area contributed by atoms with Crippen molar-refractivity contribution in [2.24, 2.45) is 5.10 Å². The standard InChI is InChI=1S/C22H16ClF2N3O3/c23-16-11-14(12-26-28-22(30)15-5-1-2-6-17(15)24)9-10-20(16)31-13-21(29)27-19-8-4-3-7-18(19)25/h1-12H,13H2,(H,27,29)(H,28,30). The van der Waals surface area contributed by atoms with E-state index in [0.717, 1.165) is 0 Å². The Hall–Kier alpha value is -3.78.